The molecule has 0 N–H and O–H groups in total. The first kappa shape index (κ1) is 23.0. The molecule has 6 aromatic rings. The van der Waals surface area contributed by atoms with Gasteiger partial charge in [-0.05, 0) is 54.6 Å². The molecule has 0 fully saturated rings. The summed E-state index contributed by atoms with van der Waals surface area (Å²) in [7, 11) is -10.3. The topological polar surface area (TPSA) is 118 Å². The van der Waals surface area contributed by atoms with Gasteiger partial charge in [0.25, 0.3) is 0 Å². The van der Waals surface area contributed by atoms with Gasteiger partial charge in [0.15, 0.2) is 0 Å². The third kappa shape index (κ3) is 2.84. The first-order valence-corrected chi connectivity index (χ1v) is 17.8. The standard InChI is InChI=1S/C27H18N9O3P3/c1-4-10-25-19(7-1)22-13-16-28-34(22)40(37-25)31-41(35-23(14-17-29-35)20-8-2-5-11-26(20)38-41)33-42(32-40)36-24(15-18-30-36)21-9-3-6-12-27(21)39-42/h1-18H. The SMILES string of the molecule is c1ccc2c(c1)OP1(=NP3(=NP4(=N1)Oc1ccccc1-c1ccnn14)Oc1ccccc1-c1ccnn13)n1nccc1-2. The van der Waals surface area contributed by atoms with Crippen molar-refractivity contribution < 1.29 is 13.6 Å². The zero-order valence-corrected chi connectivity index (χ0v) is 24.2. The summed E-state index contributed by atoms with van der Waals surface area (Å²) in [6, 6.07) is 29.3. The van der Waals surface area contributed by atoms with Gasteiger partial charge in [-0.1, -0.05) is 36.4 Å². The van der Waals surface area contributed by atoms with Gasteiger partial charge in [0.05, 0.1) is 35.7 Å². The third-order valence-corrected chi connectivity index (χ3v) is 16.8. The van der Waals surface area contributed by atoms with Crippen molar-refractivity contribution in [3.05, 3.63) is 110 Å². The molecule has 0 aliphatic carbocycles. The lowest BCUT2D eigenvalue weighted by Gasteiger charge is -2.39. The van der Waals surface area contributed by atoms with E-state index in [4.69, 9.17) is 42.4 Å². The Bertz CT molecular complexity index is 2040. The molecule has 3 spiro atoms. The highest BCUT2D eigenvalue weighted by molar-refractivity contribution is 7.82. The highest BCUT2D eigenvalue weighted by Gasteiger charge is 2.52. The maximum Gasteiger partial charge on any atom is 0.385 e. The summed E-state index contributed by atoms with van der Waals surface area (Å²) in [6.45, 7) is 0. The van der Waals surface area contributed by atoms with Gasteiger partial charge < -0.3 is 13.6 Å². The summed E-state index contributed by atoms with van der Waals surface area (Å²) in [5.74, 6) is 1.96. The molecule has 0 atom stereocenters. The Labute approximate surface area is 238 Å². The second-order valence-electron chi connectivity index (χ2n) is 9.89. The van der Waals surface area contributed by atoms with Gasteiger partial charge in [0, 0.05) is 16.7 Å². The van der Waals surface area contributed by atoms with Crippen LogP contribution in [-0.2, 0) is 0 Å². The van der Waals surface area contributed by atoms with Crippen LogP contribution < -0.4 is 13.6 Å². The number of nitrogens with zero attached hydrogens (tertiary/aromatic N) is 9. The number of rotatable bonds is 0. The van der Waals surface area contributed by atoms with Crippen molar-refractivity contribution in [3.63, 3.8) is 0 Å². The van der Waals surface area contributed by atoms with E-state index in [0.717, 1.165) is 33.8 Å². The predicted octanol–water partition coefficient (Wildman–Crippen LogP) is 8.25. The minimum absolute atomic E-state index is 0.653. The van der Waals surface area contributed by atoms with Crippen LogP contribution in [0.3, 0.4) is 0 Å². The first-order valence-electron chi connectivity index (χ1n) is 13.1. The Morgan fingerprint density at radius 1 is 0.405 bits per heavy atom. The minimum atomic E-state index is -3.42. The van der Waals surface area contributed by atoms with E-state index in [-0.39, 0.29) is 0 Å². The van der Waals surface area contributed by atoms with Crippen LogP contribution in [0.25, 0.3) is 33.8 Å². The van der Waals surface area contributed by atoms with E-state index in [1.807, 2.05) is 91.0 Å². The molecule has 3 aromatic heterocycles. The average molecular weight is 609 g/mol. The van der Waals surface area contributed by atoms with Crippen molar-refractivity contribution in [2.45, 2.75) is 0 Å². The van der Waals surface area contributed by atoms with Crippen molar-refractivity contribution in [3.8, 4) is 51.0 Å². The molecule has 0 saturated carbocycles. The lowest BCUT2D eigenvalue weighted by molar-refractivity contribution is 0.547. The number of benzene rings is 3. The van der Waals surface area contributed by atoms with Crippen LogP contribution in [-0.4, -0.2) is 28.7 Å². The number of aromatic nitrogens is 6. The van der Waals surface area contributed by atoms with E-state index >= 15 is 0 Å². The molecule has 0 saturated heterocycles. The molecule has 4 aliphatic rings. The second-order valence-corrected chi connectivity index (χ2v) is 16.8. The van der Waals surface area contributed by atoms with Crippen LogP contribution >= 0.6 is 22.7 Å². The third-order valence-electron chi connectivity index (χ3n) is 7.46. The Kier molecular flexibility index (Phi) is 4.27. The monoisotopic (exact) mass is 609 g/mol. The highest BCUT2D eigenvalue weighted by Crippen LogP contribution is 2.82. The first-order chi connectivity index (χ1) is 20.7. The summed E-state index contributed by atoms with van der Waals surface area (Å²) >= 11 is 0. The quantitative estimate of drug-likeness (QED) is 0.160. The van der Waals surface area contributed by atoms with Crippen molar-refractivity contribution in [2.24, 2.45) is 13.5 Å². The zero-order valence-electron chi connectivity index (χ0n) is 21.5. The number of hydrogen-bond acceptors (Lipinski definition) is 9. The van der Waals surface area contributed by atoms with Crippen LogP contribution in [0.4, 0.5) is 0 Å². The maximum atomic E-state index is 6.89. The van der Waals surface area contributed by atoms with Crippen molar-refractivity contribution in [1.29, 1.82) is 0 Å². The Hall–Kier alpha value is -4.62. The Balaban J connectivity index is 1.37. The predicted molar refractivity (Wildman–Crippen MR) is 159 cm³/mol. The van der Waals surface area contributed by atoms with Gasteiger partial charge in [0.1, 0.15) is 17.2 Å². The largest absolute Gasteiger partial charge is 0.425 e. The van der Waals surface area contributed by atoms with Crippen molar-refractivity contribution in [1.82, 2.24) is 28.7 Å². The van der Waals surface area contributed by atoms with E-state index in [0.29, 0.717) is 17.2 Å². The van der Waals surface area contributed by atoms with Crippen LogP contribution in [0.15, 0.2) is 123 Å². The van der Waals surface area contributed by atoms with Crippen molar-refractivity contribution >= 4 is 22.7 Å². The summed E-state index contributed by atoms with van der Waals surface area (Å²) < 4.78 is 42.2. The lowest BCUT2D eigenvalue weighted by Crippen LogP contribution is -2.20. The molecule has 4 aliphatic heterocycles. The van der Waals surface area contributed by atoms with E-state index in [2.05, 4.69) is 0 Å². The molecular formula is C27H18N9O3P3. The molecule has 0 amide bonds. The molecule has 204 valence electrons. The van der Waals surface area contributed by atoms with E-state index in [1.165, 1.54) is 0 Å². The second kappa shape index (κ2) is 7.81. The molecule has 0 radical (unpaired) electrons. The molecular weight excluding hydrogens is 591 g/mol. The molecule has 3 aromatic carbocycles. The van der Waals surface area contributed by atoms with Crippen LogP contribution in [0.1, 0.15) is 0 Å². The minimum Gasteiger partial charge on any atom is -0.425 e. The maximum absolute atomic E-state index is 6.89. The number of hydrogen-bond donors (Lipinski definition) is 0. The van der Waals surface area contributed by atoms with Gasteiger partial charge >= 0.3 is 22.7 Å². The highest BCUT2D eigenvalue weighted by atomic mass is 31.3. The van der Waals surface area contributed by atoms with Gasteiger partial charge in [-0.25, -0.2) is 0 Å². The number of fused-ring (bicyclic) bond motifs is 12. The lowest BCUT2D eigenvalue weighted by atomic mass is 10.1. The molecule has 0 unspecified atom stereocenters. The fourth-order valence-corrected chi connectivity index (χ4v) is 16.9. The van der Waals surface area contributed by atoms with Crippen LogP contribution in [0.5, 0.6) is 17.2 Å². The van der Waals surface area contributed by atoms with E-state index < -0.39 is 22.7 Å². The summed E-state index contributed by atoms with van der Waals surface area (Å²) in [4.78, 5) is 0. The average Bonchev–Trinajstić information content (AvgIpc) is 3.79. The van der Waals surface area contributed by atoms with E-state index in [9.17, 15) is 0 Å². The van der Waals surface area contributed by atoms with Gasteiger partial charge in [-0.3, -0.25) is 0 Å². The van der Waals surface area contributed by atoms with Gasteiger partial charge in [0.2, 0.25) is 0 Å². The Morgan fingerprint density at radius 2 is 0.714 bits per heavy atom. The Morgan fingerprint density at radius 3 is 1.05 bits per heavy atom. The molecule has 10 rings (SSSR count). The van der Waals surface area contributed by atoms with Crippen molar-refractivity contribution in [2.75, 3.05) is 0 Å². The smallest absolute Gasteiger partial charge is 0.385 e. The molecule has 15 heteroatoms. The number of para-hydroxylation sites is 3. The fourth-order valence-electron chi connectivity index (χ4n) is 5.73. The van der Waals surface area contributed by atoms with Crippen LogP contribution in [0, 0.1) is 0 Å². The van der Waals surface area contributed by atoms with Gasteiger partial charge in [-0.2, -0.15) is 28.7 Å². The normalized spacial score (nSPS) is 25.1. The molecule has 42 heavy (non-hydrogen) atoms. The fraction of sp³-hybridized carbons (Fsp3) is 0. The van der Waals surface area contributed by atoms with Crippen LogP contribution in [0.2, 0.25) is 0 Å². The molecule has 7 heterocycles. The molecule has 12 nitrogen and oxygen atoms in total. The zero-order chi connectivity index (χ0) is 27.5. The molecule has 0 bridgehead atoms. The van der Waals surface area contributed by atoms with E-state index in [1.54, 1.807) is 31.9 Å². The summed E-state index contributed by atoms with van der Waals surface area (Å²) in [6.07, 6.45) is 5.22. The summed E-state index contributed by atoms with van der Waals surface area (Å²) in [5, 5.41) is 14.2. The summed E-state index contributed by atoms with van der Waals surface area (Å²) in [5.41, 5.74) is 5.22. The van der Waals surface area contributed by atoms with Gasteiger partial charge in [-0.15, -0.1) is 13.5 Å².